The lowest BCUT2D eigenvalue weighted by Crippen LogP contribution is -2.47. The van der Waals surface area contributed by atoms with Gasteiger partial charge < -0.3 is 9.84 Å². The van der Waals surface area contributed by atoms with Crippen LogP contribution in [0.4, 0.5) is 26.7 Å². The minimum absolute atomic E-state index is 0.00250. The monoisotopic (exact) mass is 597 g/mol. The van der Waals surface area contributed by atoms with E-state index in [1.165, 1.54) is 51.8 Å². The van der Waals surface area contributed by atoms with Gasteiger partial charge in [0.15, 0.2) is 5.78 Å². The van der Waals surface area contributed by atoms with E-state index in [1.807, 2.05) is 12.1 Å². The summed E-state index contributed by atoms with van der Waals surface area (Å²) in [5, 5.41) is 10.1. The van der Waals surface area contributed by atoms with E-state index in [0.717, 1.165) is 32.5 Å². The van der Waals surface area contributed by atoms with Gasteiger partial charge in [0.1, 0.15) is 17.4 Å². The van der Waals surface area contributed by atoms with Crippen molar-refractivity contribution in [1.82, 2.24) is 4.90 Å². The van der Waals surface area contributed by atoms with Crippen LogP contribution >= 0.6 is 22.7 Å². The van der Waals surface area contributed by atoms with Crippen LogP contribution < -0.4 is 4.74 Å². The van der Waals surface area contributed by atoms with Gasteiger partial charge >= 0.3 is 12.5 Å². The summed E-state index contributed by atoms with van der Waals surface area (Å²) in [6, 6.07) is 11.5. The Morgan fingerprint density at radius 3 is 2.08 bits per heavy atom. The first-order valence-corrected chi connectivity index (χ1v) is 13.7. The second-order valence-electron chi connectivity index (χ2n) is 9.96. The lowest BCUT2D eigenvalue weighted by Gasteiger charge is -2.39. The summed E-state index contributed by atoms with van der Waals surface area (Å²) in [6.45, 7) is 5.14. The number of alkyl halides is 3. The molecule has 212 valence electrons. The van der Waals surface area contributed by atoms with Crippen LogP contribution in [-0.4, -0.2) is 33.8 Å². The number of carbonyl (C=O) groups is 2. The molecule has 0 aliphatic heterocycles. The third kappa shape index (κ3) is 6.61. The molecule has 4 aromatic rings. The van der Waals surface area contributed by atoms with Crippen molar-refractivity contribution in [2.45, 2.75) is 51.6 Å². The fourth-order valence-electron chi connectivity index (χ4n) is 4.43. The summed E-state index contributed by atoms with van der Waals surface area (Å²) in [5.74, 6) is -3.05. The number of carboxylic acid groups (broad SMARTS) is 1. The molecule has 1 amide bonds. The highest BCUT2D eigenvalue weighted by Gasteiger charge is 2.36. The van der Waals surface area contributed by atoms with E-state index in [0.29, 0.717) is 10.4 Å². The molecule has 0 bridgehead atoms. The van der Waals surface area contributed by atoms with E-state index in [9.17, 15) is 36.6 Å². The average molecular weight is 598 g/mol. The van der Waals surface area contributed by atoms with Crippen LogP contribution in [0.25, 0.3) is 19.8 Å². The Kier molecular flexibility index (Phi) is 8.23. The molecule has 2 aromatic carbocycles. The number of fused-ring (bicyclic) bond motifs is 1. The van der Waals surface area contributed by atoms with E-state index < -0.39 is 47.0 Å². The number of Topliss-reactive ketones (excluding diaryl/α,β-unsaturated/α-hetero) is 1. The van der Waals surface area contributed by atoms with E-state index in [1.54, 1.807) is 20.8 Å². The smallest absolute Gasteiger partial charge is 0.465 e. The Hall–Kier alpha value is -3.51. The SMILES string of the molecule is CC(C)(C)N(C(=O)O)C(CCC(=O)c1c(F)cccc1F)c1cc2sc(-c3ccc(OC(F)(F)F)cc3)cc2s1. The molecule has 0 spiro atoms. The number of ketones is 1. The van der Waals surface area contributed by atoms with Crippen molar-refractivity contribution in [1.29, 1.82) is 0 Å². The van der Waals surface area contributed by atoms with E-state index in [4.69, 9.17) is 0 Å². The summed E-state index contributed by atoms with van der Waals surface area (Å²) in [7, 11) is 0. The summed E-state index contributed by atoms with van der Waals surface area (Å²) >= 11 is 2.70. The van der Waals surface area contributed by atoms with Crippen molar-refractivity contribution < 1.29 is 41.4 Å². The molecule has 0 fully saturated rings. The number of benzene rings is 2. The average Bonchev–Trinajstić information content (AvgIpc) is 3.39. The molecular weight excluding hydrogens is 573 g/mol. The van der Waals surface area contributed by atoms with Crippen LogP contribution in [0.3, 0.4) is 0 Å². The Morgan fingerprint density at radius 2 is 1.55 bits per heavy atom. The van der Waals surface area contributed by atoms with Gasteiger partial charge in [0.05, 0.1) is 11.6 Å². The minimum atomic E-state index is -4.79. The van der Waals surface area contributed by atoms with Crippen molar-refractivity contribution in [2.75, 3.05) is 0 Å². The van der Waals surface area contributed by atoms with Gasteiger partial charge in [0.25, 0.3) is 0 Å². The molecule has 0 saturated heterocycles. The maximum absolute atomic E-state index is 14.2. The number of amides is 1. The molecule has 2 aromatic heterocycles. The number of rotatable bonds is 8. The van der Waals surface area contributed by atoms with Gasteiger partial charge in [-0.3, -0.25) is 9.69 Å². The predicted molar refractivity (Wildman–Crippen MR) is 144 cm³/mol. The quantitative estimate of drug-likeness (QED) is 0.162. The van der Waals surface area contributed by atoms with E-state index in [2.05, 4.69) is 4.74 Å². The molecule has 1 atom stereocenters. The number of nitrogens with zero attached hydrogens (tertiary/aromatic N) is 1. The molecule has 12 heteroatoms. The molecule has 5 nitrogen and oxygen atoms in total. The Bertz CT molecular complexity index is 1490. The van der Waals surface area contributed by atoms with Crippen LogP contribution in [0.15, 0.2) is 54.6 Å². The van der Waals surface area contributed by atoms with Crippen molar-refractivity contribution >= 4 is 43.9 Å². The van der Waals surface area contributed by atoms with Gasteiger partial charge in [0, 0.05) is 31.1 Å². The zero-order valence-electron chi connectivity index (χ0n) is 21.5. The molecule has 0 saturated carbocycles. The number of carbonyl (C=O) groups excluding carboxylic acids is 1. The fraction of sp³-hybridized carbons (Fsp3) is 0.286. The second-order valence-corrected chi connectivity index (χ2v) is 12.2. The molecular formula is C28H24F5NO4S2. The van der Waals surface area contributed by atoms with Gasteiger partial charge in [-0.05, 0) is 81.3 Å². The highest BCUT2D eigenvalue weighted by molar-refractivity contribution is 7.29. The number of hydrogen-bond acceptors (Lipinski definition) is 5. The topological polar surface area (TPSA) is 66.8 Å². The molecule has 2 heterocycles. The third-order valence-corrected chi connectivity index (χ3v) is 8.50. The van der Waals surface area contributed by atoms with Crippen LogP contribution in [0.1, 0.15) is 54.9 Å². The van der Waals surface area contributed by atoms with Crippen LogP contribution in [0.2, 0.25) is 0 Å². The number of ether oxygens (including phenoxy) is 1. The van der Waals surface area contributed by atoms with Crippen LogP contribution in [0.5, 0.6) is 5.75 Å². The van der Waals surface area contributed by atoms with Crippen molar-refractivity contribution in [3.8, 4) is 16.2 Å². The molecule has 1 unspecified atom stereocenters. The van der Waals surface area contributed by atoms with Gasteiger partial charge in [0.2, 0.25) is 0 Å². The maximum atomic E-state index is 14.2. The molecule has 0 radical (unpaired) electrons. The first kappa shape index (κ1) is 29.5. The van der Waals surface area contributed by atoms with E-state index in [-0.39, 0.29) is 18.6 Å². The van der Waals surface area contributed by atoms with Gasteiger partial charge in [-0.25, -0.2) is 13.6 Å². The molecule has 4 rings (SSSR count). The van der Waals surface area contributed by atoms with Crippen LogP contribution in [0, 0.1) is 11.6 Å². The summed E-state index contributed by atoms with van der Waals surface area (Å²) in [5.41, 5.74) is -0.825. The molecule has 0 aliphatic rings. The lowest BCUT2D eigenvalue weighted by molar-refractivity contribution is -0.274. The first-order valence-electron chi connectivity index (χ1n) is 12.0. The highest BCUT2D eigenvalue weighted by Crippen LogP contribution is 2.44. The summed E-state index contributed by atoms with van der Waals surface area (Å²) < 4.78 is 71.3. The normalized spacial score (nSPS) is 12.9. The zero-order chi connectivity index (χ0) is 29.4. The number of thiophene rings is 2. The van der Waals surface area contributed by atoms with Gasteiger partial charge in [-0.1, -0.05) is 6.07 Å². The highest BCUT2D eigenvalue weighted by atomic mass is 32.1. The summed E-state index contributed by atoms with van der Waals surface area (Å²) in [6.07, 6.45) is -6.28. The standard InChI is InChI=1S/C28H24F5NO4S2/c1-27(2,3)34(26(36)37)19(11-12-20(35)25-17(29)5-4-6-18(25)30)22-14-24-23(40-22)13-21(39-24)15-7-9-16(10-8-15)38-28(31,32)33/h4-10,13-14,19H,11-12H2,1-3H3,(H,36,37). The van der Waals surface area contributed by atoms with Gasteiger partial charge in [-0.2, -0.15) is 0 Å². The molecule has 0 aliphatic carbocycles. The molecule has 40 heavy (non-hydrogen) atoms. The number of halogens is 5. The second kappa shape index (κ2) is 11.2. The van der Waals surface area contributed by atoms with Crippen molar-refractivity contribution in [2.24, 2.45) is 0 Å². The first-order chi connectivity index (χ1) is 18.6. The minimum Gasteiger partial charge on any atom is -0.465 e. The predicted octanol–water partition coefficient (Wildman–Crippen LogP) is 9.29. The Morgan fingerprint density at radius 1 is 0.950 bits per heavy atom. The Labute approximate surface area is 234 Å². The molecule has 1 N–H and O–H groups in total. The van der Waals surface area contributed by atoms with Crippen molar-refractivity contribution in [3.63, 3.8) is 0 Å². The van der Waals surface area contributed by atoms with Crippen LogP contribution in [-0.2, 0) is 0 Å². The largest absolute Gasteiger partial charge is 0.573 e. The number of hydrogen-bond donors (Lipinski definition) is 1. The Balaban J connectivity index is 1.63. The van der Waals surface area contributed by atoms with Gasteiger partial charge in [-0.15, -0.1) is 35.8 Å². The fourth-order valence-corrected chi connectivity index (χ4v) is 6.96. The third-order valence-electron chi connectivity index (χ3n) is 6.05. The lowest BCUT2D eigenvalue weighted by atomic mass is 9.96. The van der Waals surface area contributed by atoms with E-state index >= 15 is 0 Å². The van der Waals surface area contributed by atoms with Crippen molar-refractivity contribution in [3.05, 3.63) is 76.7 Å². The maximum Gasteiger partial charge on any atom is 0.573 e. The zero-order valence-corrected chi connectivity index (χ0v) is 23.1. The summed E-state index contributed by atoms with van der Waals surface area (Å²) in [4.78, 5) is 27.8.